The van der Waals surface area contributed by atoms with E-state index < -0.39 is 0 Å². The first-order valence-corrected chi connectivity index (χ1v) is 9.38. The third-order valence-corrected chi connectivity index (χ3v) is 4.87. The average molecular weight is 381 g/mol. The van der Waals surface area contributed by atoms with Gasteiger partial charge in [0.15, 0.2) is 0 Å². The van der Waals surface area contributed by atoms with Gasteiger partial charge in [0.25, 0.3) is 0 Å². The first-order chi connectivity index (χ1) is 11.2. The van der Waals surface area contributed by atoms with Crippen molar-refractivity contribution in [3.63, 3.8) is 0 Å². The lowest BCUT2D eigenvalue weighted by molar-refractivity contribution is -0.131. The number of rotatable bonds is 9. The van der Waals surface area contributed by atoms with Crippen LogP contribution in [0.2, 0.25) is 0 Å². The Hall–Kier alpha value is -1.07. The lowest BCUT2D eigenvalue weighted by Crippen LogP contribution is -2.39. The Balaban J connectivity index is 1.64. The Kier molecular flexibility index (Phi) is 5.59. The van der Waals surface area contributed by atoms with Gasteiger partial charge in [0.1, 0.15) is 5.75 Å². The zero-order chi connectivity index (χ0) is 16.2. The topological polar surface area (TPSA) is 41.6 Å². The Morgan fingerprint density at radius 3 is 2.78 bits per heavy atom. The molecule has 1 aromatic rings. The number of benzene rings is 1. The minimum Gasteiger partial charge on any atom is -0.494 e. The maximum absolute atomic E-state index is 12.6. The minimum absolute atomic E-state index is 0.204. The van der Waals surface area contributed by atoms with Crippen LogP contribution in [0.25, 0.3) is 0 Å². The van der Waals surface area contributed by atoms with E-state index in [1.165, 1.54) is 12.8 Å². The fraction of sp³-hybridized carbons (Fsp3) is 0.611. The van der Waals surface area contributed by atoms with Gasteiger partial charge in [0.2, 0.25) is 5.91 Å². The van der Waals surface area contributed by atoms with Gasteiger partial charge in [0, 0.05) is 22.6 Å². The van der Waals surface area contributed by atoms with Crippen LogP contribution in [0.3, 0.4) is 0 Å². The van der Waals surface area contributed by atoms with Gasteiger partial charge in [-0.05, 0) is 63.3 Å². The SMILES string of the molecule is CCOc1ccc(Br)cc1CN(C(=O)CNCC1CC1)C1CC1. The standard InChI is InChI=1S/C18H25BrN2O2/c1-2-23-17-8-5-15(19)9-14(17)12-21(16-6-7-16)18(22)11-20-10-13-3-4-13/h5,8-9,13,16,20H,2-4,6-7,10-12H2,1H3. The van der Waals surface area contributed by atoms with Crippen LogP contribution in [0.5, 0.6) is 5.75 Å². The molecule has 0 aliphatic heterocycles. The lowest BCUT2D eigenvalue weighted by atomic mass is 10.2. The van der Waals surface area contributed by atoms with Crippen LogP contribution in [0.1, 0.15) is 38.2 Å². The summed E-state index contributed by atoms with van der Waals surface area (Å²) in [6.07, 6.45) is 4.85. The van der Waals surface area contributed by atoms with Crippen LogP contribution in [0.15, 0.2) is 22.7 Å². The number of halogens is 1. The molecular formula is C18H25BrN2O2. The van der Waals surface area contributed by atoms with E-state index in [1.54, 1.807) is 0 Å². The molecule has 2 fully saturated rings. The van der Waals surface area contributed by atoms with Crippen molar-refractivity contribution in [1.29, 1.82) is 0 Å². The highest BCUT2D eigenvalue weighted by atomic mass is 79.9. The average Bonchev–Trinajstić information content (AvgIpc) is 3.40. The summed E-state index contributed by atoms with van der Waals surface area (Å²) in [6, 6.07) is 6.42. The Morgan fingerprint density at radius 1 is 1.35 bits per heavy atom. The fourth-order valence-corrected chi connectivity index (χ4v) is 3.17. The minimum atomic E-state index is 0.204. The third-order valence-electron chi connectivity index (χ3n) is 4.38. The van der Waals surface area contributed by atoms with Crippen LogP contribution in [-0.2, 0) is 11.3 Å². The van der Waals surface area contributed by atoms with Crippen molar-refractivity contribution >= 4 is 21.8 Å². The number of carbonyl (C=O) groups is 1. The second-order valence-electron chi connectivity index (χ2n) is 6.51. The predicted octanol–water partition coefficient (Wildman–Crippen LogP) is 3.34. The highest BCUT2D eigenvalue weighted by Crippen LogP contribution is 2.32. The normalized spacial score (nSPS) is 17.1. The van der Waals surface area contributed by atoms with E-state index in [4.69, 9.17) is 4.74 Å². The largest absolute Gasteiger partial charge is 0.494 e. The van der Waals surface area contributed by atoms with Crippen LogP contribution < -0.4 is 10.1 Å². The molecule has 126 valence electrons. The number of amides is 1. The van der Waals surface area contributed by atoms with Gasteiger partial charge in [0.05, 0.1) is 13.2 Å². The highest BCUT2D eigenvalue weighted by Gasteiger charge is 2.33. The molecule has 0 radical (unpaired) electrons. The monoisotopic (exact) mass is 380 g/mol. The smallest absolute Gasteiger partial charge is 0.237 e. The molecular weight excluding hydrogens is 356 g/mol. The van der Waals surface area contributed by atoms with E-state index in [0.717, 1.165) is 41.1 Å². The van der Waals surface area contributed by atoms with Gasteiger partial charge < -0.3 is 15.0 Å². The molecule has 5 heteroatoms. The van der Waals surface area contributed by atoms with Crippen molar-refractivity contribution in [3.05, 3.63) is 28.2 Å². The van der Waals surface area contributed by atoms with E-state index in [1.807, 2.05) is 24.0 Å². The summed E-state index contributed by atoms with van der Waals surface area (Å²) in [5.41, 5.74) is 1.07. The first kappa shape index (κ1) is 16.8. The van der Waals surface area contributed by atoms with Crippen molar-refractivity contribution in [2.75, 3.05) is 19.7 Å². The zero-order valence-corrected chi connectivity index (χ0v) is 15.3. The van der Waals surface area contributed by atoms with Gasteiger partial charge in [-0.3, -0.25) is 4.79 Å². The molecule has 0 saturated heterocycles. The predicted molar refractivity (Wildman–Crippen MR) is 94.5 cm³/mol. The van der Waals surface area contributed by atoms with E-state index in [2.05, 4.69) is 27.3 Å². The fourth-order valence-electron chi connectivity index (χ4n) is 2.77. The molecule has 0 spiro atoms. The van der Waals surface area contributed by atoms with Crippen molar-refractivity contribution in [2.45, 2.75) is 45.2 Å². The summed E-state index contributed by atoms with van der Waals surface area (Å²) in [4.78, 5) is 14.6. The molecule has 2 saturated carbocycles. The number of nitrogens with zero attached hydrogens (tertiary/aromatic N) is 1. The molecule has 23 heavy (non-hydrogen) atoms. The zero-order valence-electron chi connectivity index (χ0n) is 13.7. The third kappa shape index (κ3) is 4.95. The maximum atomic E-state index is 12.6. The molecule has 1 aromatic carbocycles. The summed E-state index contributed by atoms with van der Waals surface area (Å²) in [6.45, 7) is 4.67. The van der Waals surface area contributed by atoms with Gasteiger partial charge in [-0.15, -0.1) is 0 Å². The maximum Gasteiger partial charge on any atom is 0.237 e. The van der Waals surface area contributed by atoms with Crippen molar-refractivity contribution in [3.8, 4) is 5.75 Å². The summed E-state index contributed by atoms with van der Waals surface area (Å²) in [5.74, 6) is 1.88. The van der Waals surface area contributed by atoms with Crippen LogP contribution in [0, 0.1) is 5.92 Å². The lowest BCUT2D eigenvalue weighted by Gasteiger charge is -2.24. The Bertz CT molecular complexity index is 556. The second-order valence-corrected chi connectivity index (χ2v) is 7.43. The molecule has 3 rings (SSSR count). The second kappa shape index (κ2) is 7.67. The van der Waals surface area contributed by atoms with Crippen molar-refractivity contribution < 1.29 is 9.53 Å². The molecule has 0 aromatic heterocycles. The van der Waals surface area contributed by atoms with Crippen LogP contribution in [-0.4, -0.2) is 36.5 Å². The Labute approximate surface area is 146 Å². The number of carbonyl (C=O) groups excluding carboxylic acids is 1. The molecule has 1 N–H and O–H groups in total. The molecule has 0 atom stereocenters. The number of hydrogen-bond acceptors (Lipinski definition) is 3. The quantitative estimate of drug-likeness (QED) is 0.714. The van der Waals surface area contributed by atoms with Crippen molar-refractivity contribution in [2.24, 2.45) is 5.92 Å². The highest BCUT2D eigenvalue weighted by molar-refractivity contribution is 9.10. The van der Waals surface area contributed by atoms with Crippen LogP contribution in [0.4, 0.5) is 0 Å². The van der Waals surface area contributed by atoms with E-state index in [9.17, 15) is 4.79 Å². The van der Waals surface area contributed by atoms with Crippen LogP contribution >= 0.6 is 15.9 Å². The van der Waals surface area contributed by atoms with E-state index >= 15 is 0 Å². The molecule has 0 heterocycles. The molecule has 4 nitrogen and oxygen atoms in total. The number of nitrogens with one attached hydrogen (secondary N) is 1. The number of hydrogen-bond donors (Lipinski definition) is 1. The summed E-state index contributed by atoms with van der Waals surface area (Å²) in [7, 11) is 0. The van der Waals surface area contributed by atoms with Gasteiger partial charge in [-0.1, -0.05) is 15.9 Å². The van der Waals surface area contributed by atoms with Gasteiger partial charge in [-0.2, -0.15) is 0 Å². The molecule has 0 bridgehead atoms. The summed E-state index contributed by atoms with van der Waals surface area (Å²) >= 11 is 3.52. The van der Waals surface area contributed by atoms with E-state index in [-0.39, 0.29) is 5.91 Å². The molecule has 0 unspecified atom stereocenters. The van der Waals surface area contributed by atoms with Crippen molar-refractivity contribution in [1.82, 2.24) is 10.2 Å². The van der Waals surface area contributed by atoms with Gasteiger partial charge in [-0.25, -0.2) is 0 Å². The van der Waals surface area contributed by atoms with Gasteiger partial charge >= 0.3 is 0 Å². The summed E-state index contributed by atoms with van der Waals surface area (Å²) in [5, 5.41) is 3.32. The van der Waals surface area contributed by atoms with E-state index in [0.29, 0.717) is 25.7 Å². The summed E-state index contributed by atoms with van der Waals surface area (Å²) < 4.78 is 6.74. The molecule has 1 amide bonds. The molecule has 2 aliphatic carbocycles. The Morgan fingerprint density at radius 2 is 2.13 bits per heavy atom. The number of ether oxygens (including phenoxy) is 1. The first-order valence-electron chi connectivity index (χ1n) is 8.58. The molecule has 2 aliphatic rings.